The lowest BCUT2D eigenvalue weighted by Gasteiger charge is -2.17. The first-order valence-electron chi connectivity index (χ1n) is 5.86. The lowest BCUT2D eigenvalue weighted by atomic mass is 10.1. The number of nitrogens with two attached hydrogens (primary N) is 1. The normalized spacial score (nSPS) is 13.3. The highest BCUT2D eigenvalue weighted by atomic mass is 19.4. The van der Waals surface area contributed by atoms with Crippen LogP contribution in [0.25, 0.3) is 0 Å². The molecule has 0 bridgehead atoms. The third-order valence-corrected chi connectivity index (χ3v) is 2.48. The molecule has 0 aliphatic carbocycles. The summed E-state index contributed by atoms with van der Waals surface area (Å²) in [7, 11) is 0. The number of alkyl halides is 3. The van der Waals surface area contributed by atoms with Crippen LogP contribution in [0.3, 0.4) is 0 Å². The fourth-order valence-electron chi connectivity index (χ4n) is 1.59. The molecule has 4 N–H and O–H groups in total. The van der Waals surface area contributed by atoms with Gasteiger partial charge in [-0.05, 0) is 30.7 Å². The predicted octanol–water partition coefficient (Wildman–Crippen LogP) is 1.56. The number of benzene rings is 1. The maximum atomic E-state index is 12.0. The zero-order valence-electron chi connectivity index (χ0n) is 10.3. The van der Waals surface area contributed by atoms with E-state index in [1.54, 1.807) is 0 Å². The number of aliphatic hydroxyl groups is 1. The van der Waals surface area contributed by atoms with Crippen LogP contribution in [-0.2, 0) is 0 Å². The van der Waals surface area contributed by atoms with Crippen LogP contribution in [0.1, 0.15) is 18.0 Å². The van der Waals surface area contributed by atoms with E-state index in [4.69, 9.17) is 10.8 Å². The Morgan fingerprint density at radius 2 is 1.89 bits per heavy atom. The molecule has 0 aliphatic rings. The lowest BCUT2D eigenvalue weighted by Crippen LogP contribution is -2.29. The van der Waals surface area contributed by atoms with Crippen LogP contribution < -0.4 is 15.8 Å². The van der Waals surface area contributed by atoms with Gasteiger partial charge in [0.2, 0.25) is 0 Å². The Balaban J connectivity index is 2.62. The van der Waals surface area contributed by atoms with Gasteiger partial charge in [-0.1, -0.05) is 12.1 Å². The Morgan fingerprint density at radius 3 is 2.37 bits per heavy atom. The monoisotopic (exact) mass is 278 g/mol. The summed E-state index contributed by atoms with van der Waals surface area (Å²) in [4.78, 5) is 0. The number of hydrogen-bond donors (Lipinski definition) is 3. The summed E-state index contributed by atoms with van der Waals surface area (Å²) in [6, 6.07) is 5.40. The molecule has 0 heterocycles. The quantitative estimate of drug-likeness (QED) is 0.662. The summed E-state index contributed by atoms with van der Waals surface area (Å²) in [5, 5.41) is 11.8. The summed E-state index contributed by atoms with van der Waals surface area (Å²) >= 11 is 0. The van der Waals surface area contributed by atoms with E-state index in [9.17, 15) is 13.2 Å². The van der Waals surface area contributed by atoms with Crippen molar-refractivity contribution < 1.29 is 23.0 Å². The van der Waals surface area contributed by atoms with Crippen LogP contribution in [0.15, 0.2) is 24.3 Å². The molecule has 1 unspecified atom stereocenters. The summed E-state index contributed by atoms with van der Waals surface area (Å²) in [6.45, 7) is 0.965. The molecule has 4 nitrogen and oxygen atoms in total. The third-order valence-electron chi connectivity index (χ3n) is 2.48. The third kappa shape index (κ3) is 5.91. The van der Waals surface area contributed by atoms with Gasteiger partial charge in [0.15, 0.2) is 0 Å². The second kappa shape index (κ2) is 7.32. The molecule has 19 heavy (non-hydrogen) atoms. The van der Waals surface area contributed by atoms with E-state index in [0.717, 1.165) is 5.56 Å². The van der Waals surface area contributed by atoms with Crippen molar-refractivity contribution in [2.45, 2.75) is 18.8 Å². The molecule has 1 atom stereocenters. The summed E-state index contributed by atoms with van der Waals surface area (Å²) in [6.07, 6.45) is -4.10. The highest BCUT2D eigenvalue weighted by Gasteiger charge is 2.31. The van der Waals surface area contributed by atoms with Crippen molar-refractivity contribution >= 4 is 0 Å². The van der Waals surface area contributed by atoms with E-state index in [-0.39, 0.29) is 18.4 Å². The Labute approximate surface area is 109 Å². The molecule has 1 rings (SSSR count). The van der Waals surface area contributed by atoms with Gasteiger partial charge in [-0.25, -0.2) is 0 Å². The molecule has 0 spiro atoms. The number of hydrogen-bond acceptors (Lipinski definition) is 4. The second-order valence-corrected chi connectivity index (χ2v) is 3.94. The van der Waals surface area contributed by atoms with Crippen molar-refractivity contribution in [1.29, 1.82) is 0 Å². The highest BCUT2D eigenvalue weighted by Crippen LogP contribution is 2.24. The Kier molecular flexibility index (Phi) is 6.07. The molecule has 1 aromatic carbocycles. The minimum Gasteiger partial charge on any atom is -0.406 e. The highest BCUT2D eigenvalue weighted by molar-refractivity contribution is 5.29. The SMILES string of the molecule is NCC(NCCCO)c1ccc(OC(F)(F)F)cc1. The molecule has 7 heteroatoms. The minimum atomic E-state index is -4.69. The van der Waals surface area contributed by atoms with E-state index in [2.05, 4.69) is 10.1 Å². The van der Waals surface area contributed by atoms with Gasteiger partial charge in [0.25, 0.3) is 0 Å². The number of ether oxygens (including phenoxy) is 1. The maximum Gasteiger partial charge on any atom is 0.573 e. The smallest absolute Gasteiger partial charge is 0.406 e. The predicted molar refractivity (Wildman–Crippen MR) is 64.6 cm³/mol. The largest absolute Gasteiger partial charge is 0.573 e. The number of halogens is 3. The molecule has 0 fully saturated rings. The summed E-state index contributed by atoms with van der Waals surface area (Å²) in [5.74, 6) is -0.262. The molecule has 0 aliphatic heterocycles. The van der Waals surface area contributed by atoms with Gasteiger partial charge in [0.1, 0.15) is 5.75 Å². The fraction of sp³-hybridized carbons (Fsp3) is 0.500. The van der Waals surface area contributed by atoms with Gasteiger partial charge in [-0.15, -0.1) is 13.2 Å². The molecule has 0 saturated carbocycles. The van der Waals surface area contributed by atoms with Crippen molar-refractivity contribution in [3.8, 4) is 5.75 Å². The molecular weight excluding hydrogens is 261 g/mol. The van der Waals surface area contributed by atoms with Crippen LogP contribution in [0, 0.1) is 0 Å². The van der Waals surface area contributed by atoms with E-state index in [1.807, 2.05) is 0 Å². The number of rotatable bonds is 7. The maximum absolute atomic E-state index is 12.0. The average molecular weight is 278 g/mol. The van der Waals surface area contributed by atoms with Gasteiger partial charge in [0, 0.05) is 19.2 Å². The molecule has 0 aromatic heterocycles. The van der Waals surface area contributed by atoms with Crippen molar-refractivity contribution in [1.82, 2.24) is 5.32 Å². The molecule has 1 aromatic rings. The molecule has 0 amide bonds. The molecule has 108 valence electrons. The average Bonchev–Trinajstić information content (AvgIpc) is 2.34. The molecule has 0 radical (unpaired) electrons. The topological polar surface area (TPSA) is 67.5 Å². The van der Waals surface area contributed by atoms with Crippen LogP contribution in [-0.4, -0.2) is 31.2 Å². The molecular formula is C12H17F3N2O2. The Morgan fingerprint density at radius 1 is 1.26 bits per heavy atom. The van der Waals surface area contributed by atoms with Gasteiger partial charge in [-0.3, -0.25) is 0 Å². The molecule has 0 saturated heterocycles. The summed E-state index contributed by atoms with van der Waals surface area (Å²) in [5.41, 5.74) is 6.36. The van der Waals surface area contributed by atoms with Crippen LogP contribution in [0.2, 0.25) is 0 Å². The van der Waals surface area contributed by atoms with Gasteiger partial charge in [0.05, 0.1) is 0 Å². The van der Waals surface area contributed by atoms with Crippen molar-refractivity contribution in [2.24, 2.45) is 5.73 Å². The van der Waals surface area contributed by atoms with E-state index in [1.165, 1.54) is 24.3 Å². The first-order valence-corrected chi connectivity index (χ1v) is 5.86. The number of aliphatic hydroxyl groups excluding tert-OH is 1. The minimum absolute atomic E-state index is 0.0721. The van der Waals surface area contributed by atoms with Gasteiger partial charge < -0.3 is 20.9 Å². The first kappa shape index (κ1) is 15.7. The zero-order valence-corrected chi connectivity index (χ0v) is 10.3. The Hall–Kier alpha value is -1.31. The Bertz CT molecular complexity index is 368. The zero-order chi connectivity index (χ0) is 14.3. The standard InChI is InChI=1S/C12H17F3N2O2/c13-12(14,15)19-10-4-2-9(3-5-10)11(8-16)17-6-1-7-18/h2-5,11,17-18H,1,6-8,16H2. The van der Waals surface area contributed by atoms with E-state index < -0.39 is 6.36 Å². The van der Waals surface area contributed by atoms with Crippen LogP contribution >= 0.6 is 0 Å². The van der Waals surface area contributed by atoms with Crippen molar-refractivity contribution in [3.63, 3.8) is 0 Å². The van der Waals surface area contributed by atoms with Crippen LogP contribution in [0.4, 0.5) is 13.2 Å². The fourth-order valence-corrected chi connectivity index (χ4v) is 1.59. The van der Waals surface area contributed by atoms with Gasteiger partial charge in [-0.2, -0.15) is 0 Å². The first-order chi connectivity index (χ1) is 8.96. The lowest BCUT2D eigenvalue weighted by molar-refractivity contribution is -0.274. The van der Waals surface area contributed by atoms with Crippen molar-refractivity contribution in [3.05, 3.63) is 29.8 Å². The van der Waals surface area contributed by atoms with Crippen molar-refractivity contribution in [2.75, 3.05) is 19.7 Å². The second-order valence-electron chi connectivity index (χ2n) is 3.94. The van der Waals surface area contributed by atoms with E-state index >= 15 is 0 Å². The van der Waals surface area contributed by atoms with Gasteiger partial charge >= 0.3 is 6.36 Å². The van der Waals surface area contributed by atoms with Crippen LogP contribution in [0.5, 0.6) is 5.75 Å². The van der Waals surface area contributed by atoms with E-state index in [0.29, 0.717) is 19.5 Å². The summed E-state index contributed by atoms with van der Waals surface area (Å²) < 4.78 is 39.8. The number of nitrogens with one attached hydrogen (secondary N) is 1.